The molecule has 0 aromatic heterocycles. The molecule has 0 aliphatic carbocycles. The van der Waals surface area contributed by atoms with Gasteiger partial charge in [-0.2, -0.15) is 0 Å². The molecule has 0 spiro atoms. The predicted molar refractivity (Wildman–Crippen MR) is 74.4 cm³/mol. The molecule has 106 valence electrons. The van der Waals surface area contributed by atoms with E-state index in [1.165, 1.54) is 6.07 Å². The maximum atomic E-state index is 12.2. The van der Waals surface area contributed by atoms with Crippen LogP contribution in [-0.4, -0.2) is 27.2 Å². The summed E-state index contributed by atoms with van der Waals surface area (Å²) < 4.78 is 32.6. The van der Waals surface area contributed by atoms with Crippen molar-refractivity contribution in [1.82, 2.24) is 4.72 Å². The van der Waals surface area contributed by atoms with Crippen LogP contribution < -0.4 is 10.5 Å². The Morgan fingerprint density at radius 3 is 2.79 bits per heavy atom. The van der Waals surface area contributed by atoms with E-state index < -0.39 is 15.6 Å². The molecule has 1 aliphatic heterocycles. The lowest BCUT2D eigenvalue weighted by Crippen LogP contribution is -2.40. The van der Waals surface area contributed by atoms with Crippen LogP contribution >= 0.6 is 0 Å². The second-order valence-electron chi connectivity index (χ2n) is 5.24. The Bertz CT molecular complexity index is 563. The molecule has 1 aliphatic rings. The Morgan fingerprint density at radius 2 is 2.21 bits per heavy atom. The lowest BCUT2D eigenvalue weighted by Gasteiger charge is -2.23. The Morgan fingerprint density at radius 1 is 1.47 bits per heavy atom. The van der Waals surface area contributed by atoms with Crippen LogP contribution in [0.25, 0.3) is 0 Å². The summed E-state index contributed by atoms with van der Waals surface area (Å²) in [6, 6.07) is 4.70. The molecule has 0 amide bonds. The third kappa shape index (κ3) is 3.26. The third-order valence-electron chi connectivity index (χ3n) is 3.49. The number of rotatable bonds is 4. The van der Waals surface area contributed by atoms with Crippen molar-refractivity contribution in [2.24, 2.45) is 0 Å². The molecule has 3 N–H and O–H groups in total. The van der Waals surface area contributed by atoms with Crippen LogP contribution in [0.1, 0.15) is 25.3 Å². The summed E-state index contributed by atoms with van der Waals surface area (Å²) in [7, 11) is -3.51. The zero-order chi connectivity index (χ0) is 14.1. The molecule has 0 saturated carbocycles. The monoisotopic (exact) mass is 284 g/mol. The molecule has 1 saturated heterocycles. The molecule has 2 rings (SSSR count). The molecule has 1 atom stereocenters. The van der Waals surface area contributed by atoms with Gasteiger partial charge in [-0.3, -0.25) is 0 Å². The van der Waals surface area contributed by atoms with Crippen LogP contribution in [0.3, 0.4) is 0 Å². The van der Waals surface area contributed by atoms with Gasteiger partial charge in [0.1, 0.15) is 0 Å². The number of nitrogens with two attached hydrogens (primary N) is 1. The first-order chi connectivity index (χ1) is 8.82. The summed E-state index contributed by atoms with van der Waals surface area (Å²) in [5.41, 5.74) is 6.64. The summed E-state index contributed by atoms with van der Waals surface area (Å²) >= 11 is 0. The normalized spacial score (nSPS) is 23.7. The minimum atomic E-state index is -3.51. The molecule has 5 nitrogen and oxygen atoms in total. The Hall–Kier alpha value is -1.11. The fourth-order valence-corrected chi connectivity index (χ4v) is 3.36. The van der Waals surface area contributed by atoms with Gasteiger partial charge in [-0.05, 0) is 50.5 Å². The van der Waals surface area contributed by atoms with Crippen molar-refractivity contribution >= 4 is 15.7 Å². The van der Waals surface area contributed by atoms with Crippen LogP contribution in [-0.2, 0) is 14.8 Å². The molecule has 1 heterocycles. The zero-order valence-electron chi connectivity index (χ0n) is 11.3. The molecule has 0 bridgehead atoms. The lowest BCUT2D eigenvalue weighted by atomic mass is 10.0. The highest BCUT2D eigenvalue weighted by Crippen LogP contribution is 2.25. The maximum Gasteiger partial charge on any atom is 0.240 e. The fraction of sp³-hybridized carbons (Fsp3) is 0.538. The largest absolute Gasteiger partial charge is 0.399 e. The number of sulfonamides is 1. The highest BCUT2D eigenvalue weighted by atomic mass is 32.2. The smallest absolute Gasteiger partial charge is 0.240 e. The molecule has 0 radical (unpaired) electrons. The van der Waals surface area contributed by atoms with Gasteiger partial charge in [0.05, 0.1) is 10.5 Å². The van der Waals surface area contributed by atoms with E-state index in [-0.39, 0.29) is 4.90 Å². The Balaban J connectivity index is 2.11. The average molecular weight is 284 g/mol. The predicted octanol–water partition coefficient (Wildman–Crippen LogP) is 1.42. The molecule has 6 heteroatoms. The molecular formula is C13H20N2O3S. The summed E-state index contributed by atoms with van der Waals surface area (Å²) in [4.78, 5) is 0.237. The van der Waals surface area contributed by atoms with Crippen molar-refractivity contribution in [2.45, 2.75) is 37.2 Å². The number of nitrogen functional groups attached to an aromatic ring is 1. The summed E-state index contributed by atoms with van der Waals surface area (Å²) in [5, 5.41) is 0. The number of hydrogen-bond acceptors (Lipinski definition) is 4. The quantitative estimate of drug-likeness (QED) is 0.819. The first kappa shape index (κ1) is 14.3. The van der Waals surface area contributed by atoms with Gasteiger partial charge in [-0.25, -0.2) is 13.1 Å². The minimum Gasteiger partial charge on any atom is -0.399 e. The van der Waals surface area contributed by atoms with Crippen molar-refractivity contribution in [3.8, 4) is 0 Å². The molecule has 19 heavy (non-hydrogen) atoms. The van der Waals surface area contributed by atoms with E-state index in [1.54, 1.807) is 19.1 Å². The first-order valence-corrected chi connectivity index (χ1v) is 7.80. The maximum absolute atomic E-state index is 12.2. The topological polar surface area (TPSA) is 81.4 Å². The highest BCUT2D eigenvalue weighted by Gasteiger charge is 2.31. The van der Waals surface area contributed by atoms with E-state index in [0.717, 1.165) is 18.4 Å². The van der Waals surface area contributed by atoms with Crippen LogP contribution in [0, 0.1) is 6.92 Å². The SMILES string of the molecule is Cc1cc(S(=O)(=O)NCC2(C)CCCO2)ccc1N. The van der Waals surface area contributed by atoms with Crippen LogP contribution in [0.4, 0.5) is 5.69 Å². The first-order valence-electron chi connectivity index (χ1n) is 6.32. The van der Waals surface area contributed by atoms with Crippen molar-refractivity contribution in [2.75, 3.05) is 18.9 Å². The van der Waals surface area contributed by atoms with Crippen LogP contribution in [0.5, 0.6) is 0 Å². The number of ether oxygens (including phenoxy) is 1. The number of hydrogen-bond donors (Lipinski definition) is 2. The summed E-state index contributed by atoms with van der Waals surface area (Å²) in [5.74, 6) is 0. The van der Waals surface area contributed by atoms with E-state index in [9.17, 15) is 8.42 Å². The van der Waals surface area contributed by atoms with Gasteiger partial charge in [0, 0.05) is 18.8 Å². The fourth-order valence-electron chi connectivity index (χ4n) is 2.12. The third-order valence-corrected chi connectivity index (χ3v) is 4.89. The van der Waals surface area contributed by atoms with Crippen molar-refractivity contribution in [3.05, 3.63) is 23.8 Å². The van der Waals surface area contributed by atoms with E-state index in [0.29, 0.717) is 18.8 Å². The Labute approximate surface area is 114 Å². The molecule has 1 aromatic carbocycles. The highest BCUT2D eigenvalue weighted by molar-refractivity contribution is 7.89. The number of aryl methyl sites for hydroxylation is 1. The van der Waals surface area contributed by atoms with Crippen LogP contribution in [0.15, 0.2) is 23.1 Å². The standard InChI is InChI=1S/C13H20N2O3S/c1-10-8-11(4-5-12(10)14)19(16,17)15-9-13(2)6-3-7-18-13/h4-5,8,15H,3,6-7,9,14H2,1-2H3. The van der Waals surface area contributed by atoms with E-state index >= 15 is 0 Å². The second kappa shape index (κ2) is 5.11. The zero-order valence-corrected chi connectivity index (χ0v) is 12.1. The molecule has 1 aromatic rings. The van der Waals surface area contributed by atoms with Gasteiger partial charge in [0.15, 0.2) is 0 Å². The molecule has 1 unspecified atom stereocenters. The Kier molecular flexibility index (Phi) is 3.85. The van der Waals surface area contributed by atoms with Gasteiger partial charge < -0.3 is 10.5 Å². The lowest BCUT2D eigenvalue weighted by molar-refractivity contribution is 0.0250. The van der Waals surface area contributed by atoms with E-state index in [1.807, 2.05) is 6.92 Å². The minimum absolute atomic E-state index is 0.237. The van der Waals surface area contributed by atoms with E-state index in [2.05, 4.69) is 4.72 Å². The summed E-state index contributed by atoms with van der Waals surface area (Å²) in [6.07, 6.45) is 1.84. The van der Waals surface area contributed by atoms with Crippen molar-refractivity contribution < 1.29 is 13.2 Å². The van der Waals surface area contributed by atoms with Gasteiger partial charge in [0.25, 0.3) is 0 Å². The number of anilines is 1. The van der Waals surface area contributed by atoms with Gasteiger partial charge in [0.2, 0.25) is 10.0 Å². The number of nitrogens with one attached hydrogen (secondary N) is 1. The van der Waals surface area contributed by atoms with E-state index in [4.69, 9.17) is 10.5 Å². The van der Waals surface area contributed by atoms with Crippen molar-refractivity contribution in [3.63, 3.8) is 0 Å². The average Bonchev–Trinajstić information content (AvgIpc) is 2.78. The van der Waals surface area contributed by atoms with Crippen molar-refractivity contribution in [1.29, 1.82) is 0 Å². The van der Waals surface area contributed by atoms with Crippen LogP contribution in [0.2, 0.25) is 0 Å². The molecular weight excluding hydrogens is 264 g/mol. The van der Waals surface area contributed by atoms with Gasteiger partial charge in [-0.1, -0.05) is 0 Å². The number of benzene rings is 1. The van der Waals surface area contributed by atoms with Gasteiger partial charge >= 0.3 is 0 Å². The summed E-state index contributed by atoms with van der Waals surface area (Å²) in [6.45, 7) is 4.70. The molecule has 1 fully saturated rings. The second-order valence-corrected chi connectivity index (χ2v) is 7.01. The van der Waals surface area contributed by atoms with Gasteiger partial charge in [-0.15, -0.1) is 0 Å².